The van der Waals surface area contributed by atoms with Crippen molar-refractivity contribution in [3.63, 3.8) is 0 Å². The van der Waals surface area contributed by atoms with Gasteiger partial charge in [-0.3, -0.25) is 15.1 Å². The lowest BCUT2D eigenvalue weighted by Crippen LogP contribution is -2.08. The van der Waals surface area contributed by atoms with Gasteiger partial charge in [0.2, 0.25) is 0 Å². The first-order valence-corrected chi connectivity index (χ1v) is 8.60. The van der Waals surface area contributed by atoms with Crippen molar-refractivity contribution in [1.29, 1.82) is 0 Å². The second kappa shape index (κ2) is 5.91. The van der Waals surface area contributed by atoms with E-state index in [1.807, 2.05) is 55.8 Å². The van der Waals surface area contributed by atoms with Crippen LogP contribution in [0.5, 0.6) is 0 Å². The summed E-state index contributed by atoms with van der Waals surface area (Å²) in [5.74, 6) is 0. The van der Waals surface area contributed by atoms with Crippen LogP contribution in [-0.4, -0.2) is 44.2 Å². The lowest BCUT2D eigenvalue weighted by atomic mass is 10.1. The largest absolute Gasteiger partial charge is 0.376 e. The third-order valence-corrected chi connectivity index (χ3v) is 4.64. The Balaban J connectivity index is 1.65. The van der Waals surface area contributed by atoms with Crippen molar-refractivity contribution < 1.29 is 0 Å². The molecule has 0 spiro atoms. The molecule has 0 aliphatic heterocycles. The summed E-state index contributed by atoms with van der Waals surface area (Å²) in [6.07, 6.45) is 7.31. The maximum Gasteiger partial charge on any atom is 0.181 e. The van der Waals surface area contributed by atoms with Crippen LogP contribution in [0, 0.1) is 0 Å². The van der Waals surface area contributed by atoms with Crippen LogP contribution < -0.4 is 4.90 Å². The van der Waals surface area contributed by atoms with E-state index in [-0.39, 0.29) is 0 Å². The predicted molar refractivity (Wildman–Crippen MR) is 107 cm³/mol. The number of nitrogens with zero attached hydrogens (tertiary/aromatic N) is 5. The highest BCUT2D eigenvalue weighted by molar-refractivity contribution is 5.95. The van der Waals surface area contributed by atoms with Gasteiger partial charge in [-0.1, -0.05) is 0 Å². The standard InChI is InChI=1S/C20H17N7/c1-27(2)14-6-12(9-21-11-14)13-7-15-19(25-26-20(15)23-10-13)18-8-17-16(24-18)4-3-5-22-17/h3-11,24H,1-2H3,(H,23,25,26). The SMILES string of the molecule is CN(C)c1cncc(-c2cnc3n[nH]c(-c4cc5ncccc5[nH]4)c3c2)c1. The zero-order valence-corrected chi connectivity index (χ0v) is 14.9. The van der Waals surface area contributed by atoms with Crippen LogP contribution in [0.15, 0.2) is 55.1 Å². The lowest BCUT2D eigenvalue weighted by Gasteiger charge is -2.12. The molecular formula is C20H17N7. The molecule has 132 valence electrons. The normalized spacial score (nSPS) is 11.3. The number of nitrogens with one attached hydrogen (secondary N) is 2. The summed E-state index contributed by atoms with van der Waals surface area (Å²) in [6.45, 7) is 0. The highest BCUT2D eigenvalue weighted by atomic mass is 15.2. The number of H-pyrrole nitrogens is 2. The first-order chi connectivity index (χ1) is 13.2. The monoisotopic (exact) mass is 355 g/mol. The highest BCUT2D eigenvalue weighted by Crippen LogP contribution is 2.30. The van der Waals surface area contributed by atoms with E-state index in [0.29, 0.717) is 5.65 Å². The van der Waals surface area contributed by atoms with Crippen molar-refractivity contribution in [3.8, 4) is 22.5 Å². The predicted octanol–water partition coefficient (Wildman–Crippen LogP) is 3.63. The average molecular weight is 355 g/mol. The molecule has 0 amide bonds. The number of fused-ring (bicyclic) bond motifs is 2. The van der Waals surface area contributed by atoms with Gasteiger partial charge in [0.15, 0.2) is 5.65 Å². The van der Waals surface area contributed by atoms with E-state index in [0.717, 1.165) is 44.6 Å². The topological polar surface area (TPSA) is 86.4 Å². The van der Waals surface area contributed by atoms with E-state index >= 15 is 0 Å². The van der Waals surface area contributed by atoms with Gasteiger partial charge >= 0.3 is 0 Å². The van der Waals surface area contributed by atoms with Crippen molar-refractivity contribution in [1.82, 2.24) is 30.1 Å². The summed E-state index contributed by atoms with van der Waals surface area (Å²) in [5, 5.41) is 8.40. The van der Waals surface area contributed by atoms with Crippen LogP contribution in [0.25, 0.3) is 44.6 Å². The molecule has 0 atom stereocenters. The Hall–Kier alpha value is -3.74. The van der Waals surface area contributed by atoms with Gasteiger partial charge in [-0.25, -0.2) is 4.98 Å². The van der Waals surface area contributed by atoms with Gasteiger partial charge in [0.25, 0.3) is 0 Å². The van der Waals surface area contributed by atoms with E-state index in [4.69, 9.17) is 0 Å². The van der Waals surface area contributed by atoms with Crippen molar-refractivity contribution >= 4 is 27.8 Å². The molecular weight excluding hydrogens is 338 g/mol. The Labute approximate surface area is 155 Å². The van der Waals surface area contributed by atoms with Crippen LogP contribution in [0.4, 0.5) is 5.69 Å². The van der Waals surface area contributed by atoms with Gasteiger partial charge in [0.05, 0.1) is 34.3 Å². The third-order valence-electron chi connectivity index (χ3n) is 4.64. The molecule has 0 bridgehead atoms. The van der Waals surface area contributed by atoms with Crippen LogP contribution in [0.2, 0.25) is 0 Å². The summed E-state index contributed by atoms with van der Waals surface area (Å²) < 4.78 is 0. The maximum absolute atomic E-state index is 4.52. The fraction of sp³-hybridized carbons (Fsp3) is 0.100. The lowest BCUT2D eigenvalue weighted by molar-refractivity contribution is 1.10. The first kappa shape index (κ1) is 15.5. The van der Waals surface area contributed by atoms with Crippen molar-refractivity contribution in [3.05, 3.63) is 55.1 Å². The van der Waals surface area contributed by atoms with Gasteiger partial charge in [0.1, 0.15) is 0 Å². The Bertz CT molecular complexity index is 1230. The molecule has 0 unspecified atom stereocenters. The Morgan fingerprint density at radius 2 is 1.85 bits per heavy atom. The number of aromatic nitrogens is 6. The summed E-state index contributed by atoms with van der Waals surface area (Å²) in [5.41, 5.74) is 7.47. The van der Waals surface area contributed by atoms with Gasteiger partial charge < -0.3 is 9.88 Å². The molecule has 5 rings (SSSR count). The van der Waals surface area contributed by atoms with E-state index in [9.17, 15) is 0 Å². The number of hydrogen-bond donors (Lipinski definition) is 2. The molecule has 5 aromatic rings. The molecule has 0 radical (unpaired) electrons. The minimum absolute atomic E-state index is 0.678. The van der Waals surface area contributed by atoms with Crippen molar-refractivity contribution in [2.75, 3.05) is 19.0 Å². The Morgan fingerprint density at radius 1 is 0.963 bits per heavy atom. The number of rotatable bonds is 3. The maximum atomic E-state index is 4.52. The fourth-order valence-corrected chi connectivity index (χ4v) is 3.18. The molecule has 0 fully saturated rings. The van der Waals surface area contributed by atoms with Crippen LogP contribution in [0.1, 0.15) is 0 Å². The molecule has 27 heavy (non-hydrogen) atoms. The second-order valence-electron chi connectivity index (χ2n) is 6.64. The molecule has 0 saturated heterocycles. The number of hydrogen-bond acceptors (Lipinski definition) is 5. The molecule has 0 aliphatic carbocycles. The van der Waals surface area contributed by atoms with Crippen LogP contribution in [0.3, 0.4) is 0 Å². The number of anilines is 1. The zero-order valence-electron chi connectivity index (χ0n) is 14.9. The van der Waals surface area contributed by atoms with Gasteiger partial charge in [-0.2, -0.15) is 5.10 Å². The summed E-state index contributed by atoms with van der Waals surface area (Å²) in [4.78, 5) is 18.7. The van der Waals surface area contributed by atoms with E-state index in [1.165, 1.54) is 0 Å². The molecule has 0 aliphatic rings. The van der Waals surface area contributed by atoms with Gasteiger partial charge in [0, 0.05) is 49.2 Å². The Morgan fingerprint density at radius 3 is 2.70 bits per heavy atom. The van der Waals surface area contributed by atoms with Crippen molar-refractivity contribution in [2.45, 2.75) is 0 Å². The number of aromatic amines is 2. The van der Waals surface area contributed by atoms with Crippen LogP contribution >= 0.6 is 0 Å². The summed E-state index contributed by atoms with van der Waals surface area (Å²) >= 11 is 0. The van der Waals surface area contributed by atoms with E-state index in [2.05, 4.69) is 42.3 Å². The minimum Gasteiger partial charge on any atom is -0.376 e. The number of pyridine rings is 3. The summed E-state index contributed by atoms with van der Waals surface area (Å²) in [6, 6.07) is 10.1. The molecule has 2 N–H and O–H groups in total. The van der Waals surface area contributed by atoms with Gasteiger partial charge in [-0.05, 0) is 30.3 Å². The summed E-state index contributed by atoms with van der Waals surface area (Å²) in [7, 11) is 4.00. The Kier molecular flexibility index (Phi) is 3.39. The minimum atomic E-state index is 0.678. The zero-order chi connectivity index (χ0) is 18.4. The third kappa shape index (κ3) is 2.60. The van der Waals surface area contributed by atoms with E-state index in [1.54, 1.807) is 6.20 Å². The van der Waals surface area contributed by atoms with Gasteiger partial charge in [-0.15, -0.1) is 0 Å². The molecule has 5 aromatic heterocycles. The van der Waals surface area contributed by atoms with Crippen LogP contribution in [-0.2, 0) is 0 Å². The second-order valence-corrected chi connectivity index (χ2v) is 6.64. The average Bonchev–Trinajstić information content (AvgIpc) is 3.31. The molecule has 5 heterocycles. The first-order valence-electron chi connectivity index (χ1n) is 8.60. The van der Waals surface area contributed by atoms with Crippen molar-refractivity contribution in [2.24, 2.45) is 0 Å². The molecule has 0 saturated carbocycles. The molecule has 7 heteroatoms. The fourth-order valence-electron chi connectivity index (χ4n) is 3.18. The smallest absolute Gasteiger partial charge is 0.181 e. The molecule has 0 aromatic carbocycles. The quantitative estimate of drug-likeness (QED) is 0.516. The van der Waals surface area contributed by atoms with E-state index < -0.39 is 0 Å². The highest BCUT2D eigenvalue weighted by Gasteiger charge is 2.13. The molecule has 7 nitrogen and oxygen atoms in total.